The third-order valence-corrected chi connectivity index (χ3v) is 1.53. The Morgan fingerprint density at radius 3 is 3.20 bits per heavy atom. The quantitative estimate of drug-likeness (QED) is 0.581. The highest BCUT2D eigenvalue weighted by molar-refractivity contribution is 6.31. The minimum atomic E-state index is 0.682. The van der Waals surface area contributed by atoms with Crippen LogP contribution in [0.2, 0.25) is 5.02 Å². The molecule has 3 heteroatoms. The zero-order valence-electron chi connectivity index (χ0n) is 5.04. The first-order chi connectivity index (χ1) is 4.86. The van der Waals surface area contributed by atoms with Gasteiger partial charge in [-0.15, -0.1) is 0 Å². The standard InChI is InChI=1S/C7H4ClNO/c8-5-1-2-7-6(3-5)9-4-10-7/h1-4H. The summed E-state index contributed by atoms with van der Waals surface area (Å²) < 4.78 is 5.00. The highest BCUT2D eigenvalue weighted by Gasteiger charge is 1.96. The molecule has 0 saturated heterocycles. The number of fused-ring (bicyclic) bond motifs is 1. The lowest BCUT2D eigenvalue weighted by atomic mass is 10.3. The summed E-state index contributed by atoms with van der Waals surface area (Å²) in [6, 6.07) is 5.33. The van der Waals surface area contributed by atoms with E-state index in [1.54, 1.807) is 18.2 Å². The van der Waals surface area contributed by atoms with Crippen LogP contribution >= 0.6 is 11.6 Å². The van der Waals surface area contributed by atoms with Crippen molar-refractivity contribution in [3.8, 4) is 0 Å². The van der Waals surface area contributed by atoms with Crippen LogP contribution in [-0.4, -0.2) is 4.98 Å². The van der Waals surface area contributed by atoms with Crippen molar-refractivity contribution in [1.82, 2.24) is 4.98 Å². The molecule has 1 aromatic carbocycles. The van der Waals surface area contributed by atoms with Gasteiger partial charge in [-0.25, -0.2) is 4.98 Å². The summed E-state index contributed by atoms with van der Waals surface area (Å²) in [5.41, 5.74) is 1.57. The maximum absolute atomic E-state index is 5.69. The molecular formula is C7H4ClNO. The third-order valence-electron chi connectivity index (χ3n) is 1.29. The zero-order valence-corrected chi connectivity index (χ0v) is 5.80. The van der Waals surface area contributed by atoms with Gasteiger partial charge < -0.3 is 4.42 Å². The minimum absolute atomic E-state index is 0.682. The molecule has 50 valence electrons. The zero-order chi connectivity index (χ0) is 6.97. The van der Waals surface area contributed by atoms with E-state index >= 15 is 0 Å². The van der Waals surface area contributed by atoms with Crippen molar-refractivity contribution in [2.45, 2.75) is 0 Å². The number of nitrogens with zero attached hydrogens (tertiary/aromatic N) is 1. The maximum atomic E-state index is 5.69. The van der Waals surface area contributed by atoms with Gasteiger partial charge in [0.2, 0.25) is 0 Å². The molecular weight excluding hydrogens is 150 g/mol. The van der Waals surface area contributed by atoms with Crippen LogP contribution in [0.5, 0.6) is 0 Å². The Hall–Kier alpha value is -1.02. The van der Waals surface area contributed by atoms with Gasteiger partial charge in [-0.1, -0.05) is 11.6 Å². The molecule has 2 aromatic rings. The molecule has 0 amide bonds. The van der Waals surface area contributed by atoms with Crippen LogP contribution in [0.25, 0.3) is 11.1 Å². The molecule has 1 aromatic heterocycles. The summed E-state index contributed by atoms with van der Waals surface area (Å²) in [5.74, 6) is 0. The summed E-state index contributed by atoms with van der Waals surface area (Å²) in [5, 5.41) is 0.682. The molecule has 2 rings (SSSR count). The van der Waals surface area contributed by atoms with Gasteiger partial charge in [0, 0.05) is 5.02 Å². The molecule has 0 radical (unpaired) electrons. The van der Waals surface area contributed by atoms with Crippen molar-refractivity contribution in [1.29, 1.82) is 0 Å². The topological polar surface area (TPSA) is 26.0 Å². The highest BCUT2D eigenvalue weighted by atomic mass is 35.5. The Balaban J connectivity index is 2.86. The van der Waals surface area contributed by atoms with Gasteiger partial charge in [0.15, 0.2) is 12.0 Å². The first-order valence-electron chi connectivity index (χ1n) is 2.85. The molecule has 0 aliphatic heterocycles. The van der Waals surface area contributed by atoms with E-state index in [2.05, 4.69) is 4.98 Å². The smallest absolute Gasteiger partial charge is 0.181 e. The van der Waals surface area contributed by atoms with Crippen molar-refractivity contribution < 1.29 is 4.42 Å². The number of benzene rings is 1. The number of rotatable bonds is 0. The molecule has 0 atom stereocenters. The number of oxazole rings is 1. The first kappa shape index (κ1) is 5.74. The second-order valence-corrected chi connectivity index (χ2v) is 2.40. The molecule has 0 spiro atoms. The Labute approximate surface area is 62.4 Å². The van der Waals surface area contributed by atoms with Crippen LogP contribution in [0.3, 0.4) is 0 Å². The van der Waals surface area contributed by atoms with Crippen LogP contribution in [0.1, 0.15) is 0 Å². The lowest BCUT2D eigenvalue weighted by Crippen LogP contribution is -1.65. The predicted octanol–water partition coefficient (Wildman–Crippen LogP) is 2.48. The number of hydrogen-bond acceptors (Lipinski definition) is 2. The second-order valence-electron chi connectivity index (χ2n) is 1.96. The lowest BCUT2D eigenvalue weighted by Gasteiger charge is -1.85. The van der Waals surface area contributed by atoms with E-state index < -0.39 is 0 Å². The normalized spacial score (nSPS) is 10.5. The molecule has 0 fully saturated rings. The van der Waals surface area contributed by atoms with Crippen molar-refractivity contribution in [2.75, 3.05) is 0 Å². The van der Waals surface area contributed by atoms with Crippen molar-refractivity contribution in [3.05, 3.63) is 29.6 Å². The Morgan fingerprint density at radius 2 is 2.30 bits per heavy atom. The Bertz CT molecular complexity index is 355. The van der Waals surface area contributed by atoms with Gasteiger partial charge in [-0.2, -0.15) is 0 Å². The molecule has 0 saturated carbocycles. The van der Waals surface area contributed by atoms with Gasteiger partial charge in [-0.05, 0) is 18.2 Å². The number of aromatic nitrogens is 1. The van der Waals surface area contributed by atoms with E-state index in [0.717, 1.165) is 11.1 Å². The molecule has 10 heavy (non-hydrogen) atoms. The van der Waals surface area contributed by atoms with E-state index in [4.69, 9.17) is 16.0 Å². The fraction of sp³-hybridized carbons (Fsp3) is 0. The van der Waals surface area contributed by atoms with E-state index in [-0.39, 0.29) is 0 Å². The van der Waals surface area contributed by atoms with Crippen molar-refractivity contribution >= 4 is 22.7 Å². The van der Waals surface area contributed by atoms with Crippen LogP contribution in [0.15, 0.2) is 29.0 Å². The SMILES string of the molecule is Clc1ccc2ocnc2c1. The summed E-state index contributed by atoms with van der Waals surface area (Å²) in [7, 11) is 0. The van der Waals surface area contributed by atoms with E-state index in [0.29, 0.717) is 5.02 Å². The van der Waals surface area contributed by atoms with E-state index in [1.165, 1.54) is 6.39 Å². The van der Waals surface area contributed by atoms with E-state index in [9.17, 15) is 0 Å². The van der Waals surface area contributed by atoms with Crippen LogP contribution in [0, 0.1) is 0 Å². The molecule has 0 N–H and O–H groups in total. The van der Waals surface area contributed by atoms with Crippen LogP contribution in [-0.2, 0) is 0 Å². The fourth-order valence-electron chi connectivity index (χ4n) is 0.831. The monoisotopic (exact) mass is 153 g/mol. The number of halogens is 1. The third kappa shape index (κ3) is 0.772. The Morgan fingerprint density at radius 1 is 1.40 bits per heavy atom. The summed E-state index contributed by atoms with van der Waals surface area (Å²) >= 11 is 5.69. The average molecular weight is 154 g/mol. The molecule has 0 bridgehead atoms. The van der Waals surface area contributed by atoms with Crippen molar-refractivity contribution in [3.63, 3.8) is 0 Å². The second kappa shape index (κ2) is 1.99. The molecule has 0 unspecified atom stereocenters. The minimum Gasteiger partial charge on any atom is -0.443 e. The van der Waals surface area contributed by atoms with Crippen LogP contribution in [0.4, 0.5) is 0 Å². The Kier molecular flexibility index (Phi) is 1.14. The largest absolute Gasteiger partial charge is 0.443 e. The van der Waals surface area contributed by atoms with Gasteiger partial charge in [0.25, 0.3) is 0 Å². The first-order valence-corrected chi connectivity index (χ1v) is 3.23. The summed E-state index contributed by atoms with van der Waals surface area (Å²) in [6.07, 6.45) is 1.40. The molecule has 0 aliphatic carbocycles. The van der Waals surface area contributed by atoms with Crippen LogP contribution < -0.4 is 0 Å². The van der Waals surface area contributed by atoms with Gasteiger partial charge >= 0.3 is 0 Å². The molecule has 0 aliphatic rings. The number of hydrogen-bond donors (Lipinski definition) is 0. The fourth-order valence-corrected chi connectivity index (χ4v) is 0.997. The summed E-state index contributed by atoms with van der Waals surface area (Å²) in [4.78, 5) is 3.93. The molecule has 1 heterocycles. The summed E-state index contributed by atoms with van der Waals surface area (Å²) in [6.45, 7) is 0. The molecule has 2 nitrogen and oxygen atoms in total. The average Bonchev–Trinajstić information content (AvgIpc) is 2.33. The highest BCUT2D eigenvalue weighted by Crippen LogP contribution is 2.16. The van der Waals surface area contributed by atoms with Gasteiger partial charge in [0.05, 0.1) is 0 Å². The maximum Gasteiger partial charge on any atom is 0.181 e. The van der Waals surface area contributed by atoms with Crippen molar-refractivity contribution in [2.24, 2.45) is 0 Å². The predicted molar refractivity (Wildman–Crippen MR) is 39.0 cm³/mol. The van der Waals surface area contributed by atoms with Gasteiger partial charge in [-0.3, -0.25) is 0 Å². The lowest BCUT2D eigenvalue weighted by molar-refractivity contribution is 0.602. The van der Waals surface area contributed by atoms with Gasteiger partial charge in [0.1, 0.15) is 5.52 Å². The van der Waals surface area contributed by atoms with E-state index in [1.807, 2.05) is 0 Å².